The minimum Gasteiger partial charge on any atom is -0.338 e. The van der Waals surface area contributed by atoms with Gasteiger partial charge in [-0.2, -0.15) is 0 Å². The first-order valence-electron chi connectivity index (χ1n) is 8.76. The highest BCUT2D eigenvalue weighted by Crippen LogP contribution is 2.34. The third kappa shape index (κ3) is 3.74. The molecule has 3 aromatic rings. The van der Waals surface area contributed by atoms with E-state index in [0.717, 1.165) is 34.3 Å². The second-order valence-electron chi connectivity index (χ2n) is 6.35. The number of carbonyl (C=O) groups is 1. The van der Waals surface area contributed by atoms with Crippen LogP contribution < -0.4 is 4.90 Å². The predicted molar refractivity (Wildman–Crippen MR) is 108 cm³/mol. The molecule has 1 amide bonds. The van der Waals surface area contributed by atoms with Crippen LogP contribution in [0.5, 0.6) is 0 Å². The fourth-order valence-corrected chi connectivity index (χ4v) is 5.11. The van der Waals surface area contributed by atoms with Crippen LogP contribution in [0.25, 0.3) is 10.2 Å². The Morgan fingerprint density at radius 3 is 2.59 bits per heavy atom. The molecule has 0 bridgehead atoms. The van der Waals surface area contributed by atoms with Crippen LogP contribution in [0.1, 0.15) is 10.4 Å². The lowest BCUT2D eigenvalue weighted by Gasteiger charge is -2.34. The van der Waals surface area contributed by atoms with Gasteiger partial charge >= 0.3 is 0 Å². The summed E-state index contributed by atoms with van der Waals surface area (Å²) >= 11 is 3.18. The SMILES string of the molecule is Cc1sc2ncnc(SCC(=O)N3CCN(c4ncccn4)CC3)c2c1C. The van der Waals surface area contributed by atoms with E-state index in [-0.39, 0.29) is 5.91 Å². The number of thioether (sulfide) groups is 1. The van der Waals surface area contributed by atoms with E-state index in [0.29, 0.717) is 18.8 Å². The van der Waals surface area contributed by atoms with Crippen LogP contribution in [-0.2, 0) is 4.79 Å². The number of anilines is 1. The van der Waals surface area contributed by atoms with Gasteiger partial charge in [-0.1, -0.05) is 11.8 Å². The number of rotatable bonds is 4. The zero-order valence-corrected chi connectivity index (χ0v) is 16.9. The summed E-state index contributed by atoms with van der Waals surface area (Å²) in [6, 6.07) is 1.81. The number of aromatic nitrogens is 4. The second kappa shape index (κ2) is 7.77. The first-order chi connectivity index (χ1) is 13.1. The van der Waals surface area contributed by atoms with Crippen molar-refractivity contribution in [3.63, 3.8) is 0 Å². The van der Waals surface area contributed by atoms with Crippen molar-refractivity contribution in [1.29, 1.82) is 0 Å². The van der Waals surface area contributed by atoms with E-state index < -0.39 is 0 Å². The normalized spacial score (nSPS) is 14.7. The number of piperazine rings is 1. The van der Waals surface area contributed by atoms with Crippen molar-refractivity contribution in [3.05, 3.63) is 35.2 Å². The molecule has 27 heavy (non-hydrogen) atoms. The number of hydrogen-bond acceptors (Lipinski definition) is 8. The van der Waals surface area contributed by atoms with Gasteiger partial charge in [-0.15, -0.1) is 11.3 Å². The van der Waals surface area contributed by atoms with Crippen molar-refractivity contribution in [1.82, 2.24) is 24.8 Å². The zero-order chi connectivity index (χ0) is 18.8. The van der Waals surface area contributed by atoms with Crippen molar-refractivity contribution in [2.24, 2.45) is 0 Å². The van der Waals surface area contributed by atoms with Gasteiger partial charge in [0.2, 0.25) is 11.9 Å². The molecule has 0 aliphatic carbocycles. The Hall–Kier alpha value is -2.26. The maximum absolute atomic E-state index is 12.7. The summed E-state index contributed by atoms with van der Waals surface area (Å²) in [5, 5.41) is 1.98. The Balaban J connectivity index is 1.37. The van der Waals surface area contributed by atoms with Gasteiger partial charge in [0.05, 0.1) is 5.75 Å². The Bertz CT molecular complexity index is 953. The van der Waals surface area contributed by atoms with Gasteiger partial charge in [0.15, 0.2) is 0 Å². The predicted octanol–water partition coefficient (Wildman–Crippen LogP) is 2.54. The average Bonchev–Trinajstić information content (AvgIpc) is 3.01. The summed E-state index contributed by atoms with van der Waals surface area (Å²) in [7, 11) is 0. The van der Waals surface area contributed by atoms with E-state index in [4.69, 9.17) is 0 Å². The Kier molecular flexibility index (Phi) is 5.22. The molecule has 7 nitrogen and oxygen atoms in total. The largest absolute Gasteiger partial charge is 0.338 e. The molecule has 140 valence electrons. The highest BCUT2D eigenvalue weighted by molar-refractivity contribution is 8.00. The van der Waals surface area contributed by atoms with Crippen LogP contribution in [0, 0.1) is 13.8 Å². The maximum Gasteiger partial charge on any atom is 0.233 e. The summed E-state index contributed by atoms with van der Waals surface area (Å²) in [6.07, 6.45) is 5.07. The molecular weight excluding hydrogens is 380 g/mol. The highest BCUT2D eigenvalue weighted by Gasteiger charge is 2.23. The van der Waals surface area contributed by atoms with E-state index in [1.807, 2.05) is 4.90 Å². The van der Waals surface area contributed by atoms with E-state index in [1.54, 1.807) is 36.1 Å². The van der Waals surface area contributed by atoms with Gasteiger partial charge in [0.25, 0.3) is 0 Å². The molecule has 1 aliphatic rings. The molecule has 0 spiro atoms. The van der Waals surface area contributed by atoms with Crippen LogP contribution in [-0.4, -0.2) is 62.7 Å². The first kappa shape index (κ1) is 18.1. The lowest BCUT2D eigenvalue weighted by Crippen LogP contribution is -2.49. The quantitative estimate of drug-likeness (QED) is 0.492. The van der Waals surface area contributed by atoms with Crippen molar-refractivity contribution < 1.29 is 4.79 Å². The minimum absolute atomic E-state index is 0.144. The van der Waals surface area contributed by atoms with E-state index in [9.17, 15) is 4.79 Å². The monoisotopic (exact) mass is 400 g/mol. The zero-order valence-electron chi connectivity index (χ0n) is 15.3. The van der Waals surface area contributed by atoms with Crippen LogP contribution in [0.2, 0.25) is 0 Å². The van der Waals surface area contributed by atoms with Crippen LogP contribution in [0.15, 0.2) is 29.8 Å². The molecule has 0 radical (unpaired) electrons. The van der Waals surface area contributed by atoms with Crippen LogP contribution in [0.4, 0.5) is 5.95 Å². The third-order valence-electron chi connectivity index (χ3n) is 4.73. The van der Waals surface area contributed by atoms with Crippen molar-refractivity contribution in [2.75, 3.05) is 36.8 Å². The van der Waals surface area contributed by atoms with Gasteiger partial charge in [-0.05, 0) is 25.5 Å². The number of nitrogens with zero attached hydrogens (tertiary/aromatic N) is 6. The summed E-state index contributed by atoms with van der Waals surface area (Å²) in [5.41, 5.74) is 1.21. The van der Waals surface area contributed by atoms with E-state index >= 15 is 0 Å². The molecule has 9 heteroatoms. The number of thiophene rings is 1. The van der Waals surface area contributed by atoms with Crippen molar-refractivity contribution >= 4 is 45.2 Å². The number of fused-ring (bicyclic) bond motifs is 1. The topological polar surface area (TPSA) is 75.1 Å². The molecule has 0 saturated carbocycles. The standard InChI is InChI=1S/C18H20N6OS2/c1-12-13(2)27-17-15(12)16(21-11-22-17)26-10-14(25)23-6-8-24(9-7-23)18-19-4-3-5-20-18/h3-5,11H,6-10H2,1-2H3. The van der Waals surface area contributed by atoms with Crippen molar-refractivity contribution in [3.8, 4) is 0 Å². The Morgan fingerprint density at radius 1 is 1.11 bits per heavy atom. The molecular formula is C18H20N6OS2. The smallest absolute Gasteiger partial charge is 0.233 e. The average molecular weight is 401 g/mol. The van der Waals surface area contributed by atoms with Gasteiger partial charge in [-0.3, -0.25) is 4.79 Å². The number of hydrogen-bond donors (Lipinski definition) is 0. The second-order valence-corrected chi connectivity index (χ2v) is 8.51. The molecule has 4 heterocycles. The van der Waals surface area contributed by atoms with E-state index in [1.165, 1.54) is 22.2 Å². The molecule has 0 aromatic carbocycles. The third-order valence-corrected chi connectivity index (χ3v) is 6.82. The summed E-state index contributed by atoms with van der Waals surface area (Å²) < 4.78 is 0. The molecule has 1 aliphatic heterocycles. The molecule has 1 fully saturated rings. The number of aryl methyl sites for hydroxylation is 2. The highest BCUT2D eigenvalue weighted by atomic mass is 32.2. The Labute approximate surface area is 165 Å². The molecule has 3 aromatic heterocycles. The lowest BCUT2D eigenvalue weighted by atomic mass is 10.2. The fraction of sp³-hybridized carbons (Fsp3) is 0.389. The van der Waals surface area contributed by atoms with E-state index in [2.05, 4.69) is 38.7 Å². The summed E-state index contributed by atoms with van der Waals surface area (Å²) in [6.45, 7) is 7.06. The van der Waals surface area contributed by atoms with Crippen LogP contribution in [0.3, 0.4) is 0 Å². The first-order valence-corrected chi connectivity index (χ1v) is 10.6. The van der Waals surface area contributed by atoms with Gasteiger partial charge < -0.3 is 9.80 Å². The molecule has 0 unspecified atom stereocenters. The summed E-state index contributed by atoms with van der Waals surface area (Å²) in [5.74, 6) is 1.26. The lowest BCUT2D eigenvalue weighted by molar-refractivity contribution is -0.128. The van der Waals surface area contributed by atoms with Gasteiger partial charge in [0, 0.05) is 48.8 Å². The van der Waals surface area contributed by atoms with Crippen molar-refractivity contribution in [2.45, 2.75) is 18.9 Å². The van der Waals surface area contributed by atoms with Gasteiger partial charge in [-0.25, -0.2) is 19.9 Å². The molecule has 1 saturated heterocycles. The van der Waals surface area contributed by atoms with Gasteiger partial charge in [0.1, 0.15) is 16.2 Å². The molecule has 0 atom stereocenters. The number of carbonyl (C=O) groups excluding carboxylic acids is 1. The molecule has 4 rings (SSSR count). The summed E-state index contributed by atoms with van der Waals surface area (Å²) in [4.78, 5) is 36.3. The maximum atomic E-state index is 12.7. The fourth-order valence-electron chi connectivity index (χ4n) is 3.09. The number of amides is 1. The van der Waals surface area contributed by atoms with Crippen LogP contribution >= 0.6 is 23.1 Å². The Morgan fingerprint density at radius 2 is 1.85 bits per heavy atom. The molecule has 0 N–H and O–H groups in total. The minimum atomic E-state index is 0.144.